The summed E-state index contributed by atoms with van der Waals surface area (Å²) < 4.78 is 0. The topological polar surface area (TPSA) is 0 Å². The Hall–Kier alpha value is -5.30. The standard InChI is InChI=1S/2C27H22P.2BrH/c2*1-2-23-18-20-24(21-19-23)22-28(25-12-6-3-7-13-25,26-14-8-4-9-15-26)27-16-10-5-11-17-27;;/h2*1,3-21H,22H2;2*1H/q2*+1;;/p-2. The van der Waals surface area contributed by atoms with Gasteiger partial charge in [-0.15, -0.1) is 12.8 Å². The molecule has 0 aliphatic rings. The van der Waals surface area contributed by atoms with Gasteiger partial charge in [-0.2, -0.15) is 0 Å². The highest BCUT2D eigenvalue weighted by molar-refractivity contribution is 7.95. The first-order valence-electron chi connectivity index (χ1n) is 18.9. The van der Waals surface area contributed by atoms with Crippen molar-refractivity contribution in [3.05, 3.63) is 253 Å². The van der Waals surface area contributed by atoms with Gasteiger partial charge in [0.1, 0.15) is 46.4 Å². The van der Waals surface area contributed by atoms with Crippen molar-refractivity contribution in [3.8, 4) is 24.7 Å². The third-order valence-corrected chi connectivity index (χ3v) is 19.0. The van der Waals surface area contributed by atoms with Crippen LogP contribution in [-0.2, 0) is 12.3 Å². The monoisotopic (exact) mass is 912 g/mol. The van der Waals surface area contributed by atoms with Crippen LogP contribution in [0, 0.1) is 24.7 Å². The lowest BCUT2D eigenvalue weighted by molar-refractivity contribution is -0.00100. The first-order chi connectivity index (χ1) is 27.7. The molecule has 8 rings (SSSR count). The van der Waals surface area contributed by atoms with E-state index in [-0.39, 0.29) is 34.0 Å². The minimum atomic E-state index is -1.85. The quantitative estimate of drug-likeness (QED) is 0.142. The second-order valence-corrected chi connectivity index (χ2v) is 20.6. The fourth-order valence-corrected chi connectivity index (χ4v) is 16.0. The highest BCUT2D eigenvalue weighted by Crippen LogP contribution is 2.59. The van der Waals surface area contributed by atoms with Crippen molar-refractivity contribution in [2.75, 3.05) is 0 Å². The Labute approximate surface area is 367 Å². The van der Waals surface area contributed by atoms with E-state index in [1.54, 1.807) is 0 Å². The Kier molecular flexibility index (Phi) is 16.2. The summed E-state index contributed by atoms with van der Waals surface area (Å²) in [6.45, 7) is 0. The molecule has 58 heavy (non-hydrogen) atoms. The predicted octanol–water partition coefficient (Wildman–Crippen LogP) is 4.33. The summed E-state index contributed by atoms with van der Waals surface area (Å²) >= 11 is 0. The van der Waals surface area contributed by atoms with Gasteiger partial charge in [0.15, 0.2) is 0 Å². The van der Waals surface area contributed by atoms with Gasteiger partial charge in [0, 0.05) is 11.1 Å². The number of terminal acetylenes is 2. The predicted molar refractivity (Wildman–Crippen MR) is 246 cm³/mol. The van der Waals surface area contributed by atoms with Gasteiger partial charge in [0.2, 0.25) is 0 Å². The maximum atomic E-state index is 5.56. The summed E-state index contributed by atoms with van der Waals surface area (Å²) in [5.74, 6) is 5.44. The van der Waals surface area contributed by atoms with E-state index in [0.717, 1.165) is 23.5 Å². The molecule has 0 aliphatic carbocycles. The molecule has 0 aromatic heterocycles. The van der Waals surface area contributed by atoms with E-state index in [1.165, 1.54) is 43.0 Å². The number of hydrogen-bond acceptors (Lipinski definition) is 0. The maximum absolute atomic E-state index is 5.56. The van der Waals surface area contributed by atoms with E-state index in [0.29, 0.717) is 0 Å². The third-order valence-electron chi connectivity index (χ3n) is 10.3. The molecular formula is C54H44Br2P2. The molecule has 0 radical (unpaired) electrons. The van der Waals surface area contributed by atoms with Gasteiger partial charge in [-0.05, 0) is 108 Å². The van der Waals surface area contributed by atoms with E-state index in [1.807, 2.05) is 24.3 Å². The number of halogens is 2. The smallest absolute Gasteiger partial charge is 0.116 e. The molecule has 0 spiro atoms. The largest absolute Gasteiger partial charge is 1.00 e. The van der Waals surface area contributed by atoms with Crippen molar-refractivity contribution in [1.82, 2.24) is 0 Å². The van der Waals surface area contributed by atoms with Gasteiger partial charge in [0.25, 0.3) is 0 Å². The minimum absolute atomic E-state index is 0. The van der Waals surface area contributed by atoms with Crippen molar-refractivity contribution in [1.29, 1.82) is 0 Å². The zero-order valence-electron chi connectivity index (χ0n) is 32.2. The van der Waals surface area contributed by atoms with E-state index in [4.69, 9.17) is 12.8 Å². The summed E-state index contributed by atoms with van der Waals surface area (Å²) in [6, 6.07) is 82.6. The lowest BCUT2D eigenvalue weighted by atomic mass is 10.2. The summed E-state index contributed by atoms with van der Waals surface area (Å²) in [5.41, 5.74) is 4.46. The third kappa shape index (κ3) is 9.86. The molecule has 0 saturated heterocycles. The van der Waals surface area contributed by atoms with E-state index >= 15 is 0 Å². The van der Waals surface area contributed by atoms with Crippen molar-refractivity contribution in [3.63, 3.8) is 0 Å². The van der Waals surface area contributed by atoms with Crippen LogP contribution in [0.1, 0.15) is 22.3 Å². The van der Waals surface area contributed by atoms with Gasteiger partial charge < -0.3 is 34.0 Å². The van der Waals surface area contributed by atoms with E-state index in [9.17, 15) is 0 Å². The van der Waals surface area contributed by atoms with Gasteiger partial charge in [-0.1, -0.05) is 145 Å². The lowest BCUT2D eigenvalue weighted by Crippen LogP contribution is -3.00. The van der Waals surface area contributed by atoms with Crippen molar-refractivity contribution < 1.29 is 34.0 Å². The van der Waals surface area contributed by atoms with Crippen LogP contribution in [0.15, 0.2) is 231 Å². The second kappa shape index (κ2) is 21.5. The first kappa shape index (κ1) is 43.8. The molecule has 8 aromatic rings. The van der Waals surface area contributed by atoms with Gasteiger partial charge in [-0.3, -0.25) is 0 Å². The Morgan fingerprint density at radius 2 is 0.466 bits per heavy atom. The molecule has 0 aliphatic heterocycles. The minimum Gasteiger partial charge on any atom is -1.00 e. The molecule has 0 atom stereocenters. The SMILES string of the molecule is C#Cc1ccc(C[P+](c2ccccc2)(c2ccccc2)c2ccccc2)cc1.C#Cc1ccc(C[P+](c2ccccc2)(c2ccccc2)c2ccccc2)cc1.[Br-].[Br-]. The Bertz CT molecular complexity index is 2120. The molecule has 0 unspecified atom stereocenters. The molecule has 0 heterocycles. The first-order valence-corrected chi connectivity index (χ1v) is 22.8. The number of rotatable bonds is 10. The Morgan fingerprint density at radius 3 is 0.638 bits per heavy atom. The number of hydrogen-bond donors (Lipinski definition) is 0. The average molecular weight is 915 g/mol. The zero-order chi connectivity index (χ0) is 38.5. The summed E-state index contributed by atoms with van der Waals surface area (Å²) in [6.07, 6.45) is 13.1. The molecule has 4 heteroatoms. The average Bonchev–Trinajstić information content (AvgIpc) is 3.30. The summed E-state index contributed by atoms with van der Waals surface area (Å²) in [7, 11) is -3.70. The van der Waals surface area contributed by atoms with Crippen LogP contribution in [0.5, 0.6) is 0 Å². The highest BCUT2D eigenvalue weighted by Gasteiger charge is 2.46. The lowest BCUT2D eigenvalue weighted by Gasteiger charge is -2.27. The maximum Gasteiger partial charge on any atom is 0.116 e. The van der Waals surface area contributed by atoms with Gasteiger partial charge in [-0.25, -0.2) is 0 Å². The Morgan fingerprint density at radius 1 is 0.276 bits per heavy atom. The van der Waals surface area contributed by atoms with E-state index < -0.39 is 14.5 Å². The van der Waals surface area contributed by atoms with E-state index in [2.05, 4.69) is 218 Å². The normalized spacial score (nSPS) is 10.6. The molecule has 8 aromatic carbocycles. The van der Waals surface area contributed by atoms with Gasteiger partial charge >= 0.3 is 0 Å². The van der Waals surface area contributed by atoms with Crippen LogP contribution in [0.3, 0.4) is 0 Å². The second-order valence-electron chi connectivity index (χ2n) is 13.6. The molecule has 0 amide bonds. The number of benzene rings is 8. The van der Waals surface area contributed by atoms with Crippen molar-refractivity contribution in [2.45, 2.75) is 12.3 Å². The summed E-state index contributed by atoms with van der Waals surface area (Å²) in [5, 5.41) is 8.38. The molecule has 0 saturated carbocycles. The van der Waals surface area contributed by atoms with Crippen LogP contribution >= 0.6 is 14.5 Å². The molecule has 284 valence electrons. The molecule has 0 bridgehead atoms. The molecule has 0 nitrogen and oxygen atoms in total. The Balaban J connectivity index is 0.000000214. The van der Waals surface area contributed by atoms with Crippen LogP contribution in [-0.4, -0.2) is 0 Å². The van der Waals surface area contributed by atoms with Crippen LogP contribution in [0.25, 0.3) is 0 Å². The molecule has 0 N–H and O–H groups in total. The van der Waals surface area contributed by atoms with Crippen LogP contribution < -0.4 is 65.8 Å². The molecular weight excluding hydrogens is 870 g/mol. The molecule has 0 fully saturated rings. The van der Waals surface area contributed by atoms with Crippen molar-refractivity contribution in [2.24, 2.45) is 0 Å². The summed E-state index contributed by atoms with van der Waals surface area (Å²) in [4.78, 5) is 0. The highest BCUT2D eigenvalue weighted by atomic mass is 79.9. The van der Waals surface area contributed by atoms with Crippen molar-refractivity contribution >= 4 is 46.4 Å². The fourth-order valence-electron chi connectivity index (χ4n) is 7.50. The van der Waals surface area contributed by atoms with Crippen LogP contribution in [0.2, 0.25) is 0 Å². The van der Waals surface area contributed by atoms with Crippen LogP contribution in [0.4, 0.5) is 0 Å². The fraction of sp³-hybridized carbons (Fsp3) is 0.0370. The van der Waals surface area contributed by atoms with Gasteiger partial charge in [0.05, 0.1) is 12.3 Å². The zero-order valence-corrected chi connectivity index (χ0v) is 37.1.